The molecule has 1 aromatic heterocycles. The van der Waals surface area contributed by atoms with Gasteiger partial charge in [-0.05, 0) is 43.7 Å². The Hall–Kier alpha value is -3.34. The first-order chi connectivity index (χ1) is 16.9. The van der Waals surface area contributed by atoms with Crippen LogP contribution in [-0.4, -0.2) is 45.3 Å². The van der Waals surface area contributed by atoms with Crippen molar-refractivity contribution in [2.45, 2.75) is 45.4 Å². The number of nitrogens with zero attached hydrogens (tertiary/aromatic N) is 2. The molecule has 1 atom stereocenters. The van der Waals surface area contributed by atoms with Crippen LogP contribution in [0.25, 0.3) is 10.8 Å². The number of aromatic nitrogens is 1. The Labute approximate surface area is 212 Å². The number of ether oxygens (including phenoxy) is 1. The number of aliphatic hydroxyl groups is 1. The first-order valence-corrected chi connectivity index (χ1v) is 11.5. The summed E-state index contributed by atoms with van der Waals surface area (Å²) in [6, 6.07) is 9.05. The zero-order valence-electron chi connectivity index (χ0n) is 20.0. The first-order valence-electron chi connectivity index (χ1n) is 11.1. The van der Waals surface area contributed by atoms with Gasteiger partial charge in [-0.3, -0.25) is 15.1 Å². The normalized spacial score (nSPS) is 12.3. The maximum absolute atomic E-state index is 14.1. The highest BCUT2D eigenvalue weighted by Crippen LogP contribution is 2.21. The Balaban J connectivity index is 1.70. The monoisotopic (exact) mass is 520 g/mol. The number of carbonyl (C=O) groups excluding carboxylic acids is 2. The number of hydrogen-bond acceptors (Lipinski definition) is 6. The number of anilines is 1. The second-order valence-corrected chi connectivity index (χ2v) is 9.29. The number of rotatable bonds is 9. The number of benzene rings is 2. The van der Waals surface area contributed by atoms with Gasteiger partial charge in [0.25, 0.3) is 0 Å². The molecule has 3 N–H and O–H groups in total. The van der Waals surface area contributed by atoms with E-state index in [1.54, 1.807) is 26.0 Å². The lowest BCUT2D eigenvalue weighted by Gasteiger charge is -2.34. The number of pyridine rings is 1. The molecule has 0 bridgehead atoms. The van der Waals surface area contributed by atoms with Crippen molar-refractivity contribution < 1.29 is 28.2 Å². The third-order valence-corrected chi connectivity index (χ3v) is 5.59. The minimum atomic E-state index is -1.20. The summed E-state index contributed by atoms with van der Waals surface area (Å²) in [5.74, 6) is -1.27. The van der Waals surface area contributed by atoms with Crippen LogP contribution in [0, 0.1) is 11.6 Å². The summed E-state index contributed by atoms with van der Waals surface area (Å²) in [5, 5.41) is 15.1. The van der Waals surface area contributed by atoms with Crippen molar-refractivity contribution in [3.05, 3.63) is 70.9 Å². The molecular weight excluding hydrogens is 494 g/mol. The molecule has 0 unspecified atom stereocenters. The van der Waals surface area contributed by atoms with Gasteiger partial charge >= 0.3 is 6.09 Å². The molecule has 36 heavy (non-hydrogen) atoms. The minimum absolute atomic E-state index is 0.0590. The number of hydrogen-bond donors (Lipinski definition) is 3. The summed E-state index contributed by atoms with van der Waals surface area (Å²) in [7, 11) is 0. The maximum atomic E-state index is 14.1. The van der Waals surface area contributed by atoms with Crippen molar-refractivity contribution in [1.29, 1.82) is 0 Å². The van der Waals surface area contributed by atoms with E-state index in [2.05, 4.69) is 15.7 Å². The van der Waals surface area contributed by atoms with Crippen LogP contribution in [0.3, 0.4) is 0 Å². The van der Waals surface area contributed by atoms with Crippen LogP contribution < -0.4 is 10.7 Å². The summed E-state index contributed by atoms with van der Waals surface area (Å²) >= 11 is 6.07. The standard InChI is InChI=1S/C25H27ClF2N4O4/c1-15(33)32(30-13-17-7-8-18(27)9-21(17)26)19(11-25(2,3)35)14-36-24(34)31-23-10-20-16(12-29-23)5-4-6-22(20)28/h4-10,12,19,30,35H,11,13-14H2,1-3H3,(H,29,31,34)/t19-/m0/s1. The van der Waals surface area contributed by atoms with Gasteiger partial charge in [-0.15, -0.1) is 0 Å². The van der Waals surface area contributed by atoms with Crippen LogP contribution in [0.5, 0.6) is 0 Å². The average molecular weight is 521 g/mol. The van der Waals surface area contributed by atoms with E-state index in [4.69, 9.17) is 16.3 Å². The lowest BCUT2D eigenvalue weighted by molar-refractivity contribution is -0.138. The second-order valence-electron chi connectivity index (χ2n) is 8.88. The van der Waals surface area contributed by atoms with Crippen LogP contribution in [0.1, 0.15) is 32.8 Å². The van der Waals surface area contributed by atoms with Crippen LogP contribution in [-0.2, 0) is 16.1 Å². The Morgan fingerprint density at radius 3 is 2.64 bits per heavy atom. The van der Waals surface area contributed by atoms with Gasteiger partial charge in [-0.2, -0.15) is 0 Å². The van der Waals surface area contributed by atoms with Crippen LogP contribution in [0.4, 0.5) is 19.4 Å². The zero-order chi connectivity index (χ0) is 26.5. The fraction of sp³-hybridized carbons (Fsp3) is 0.320. The summed E-state index contributed by atoms with van der Waals surface area (Å²) in [6.45, 7) is 4.23. The first kappa shape index (κ1) is 27.3. The third kappa shape index (κ3) is 7.58. The predicted octanol–water partition coefficient (Wildman–Crippen LogP) is 4.80. The fourth-order valence-electron chi connectivity index (χ4n) is 3.65. The van der Waals surface area contributed by atoms with Gasteiger partial charge in [0.2, 0.25) is 5.91 Å². The lowest BCUT2D eigenvalue weighted by Crippen LogP contribution is -2.52. The number of halogens is 3. The van der Waals surface area contributed by atoms with Gasteiger partial charge in [0, 0.05) is 41.9 Å². The molecule has 0 spiro atoms. The van der Waals surface area contributed by atoms with Crippen molar-refractivity contribution in [2.75, 3.05) is 11.9 Å². The number of fused-ring (bicyclic) bond motifs is 1. The number of amides is 2. The average Bonchev–Trinajstić information content (AvgIpc) is 2.78. The molecule has 3 rings (SSSR count). The molecule has 1 heterocycles. The fourth-order valence-corrected chi connectivity index (χ4v) is 3.88. The van der Waals surface area contributed by atoms with Crippen molar-refractivity contribution in [1.82, 2.24) is 15.4 Å². The largest absolute Gasteiger partial charge is 0.447 e. The van der Waals surface area contributed by atoms with Gasteiger partial charge in [-0.25, -0.2) is 24.0 Å². The molecule has 2 aromatic carbocycles. The van der Waals surface area contributed by atoms with Gasteiger partial charge in [0.1, 0.15) is 24.1 Å². The van der Waals surface area contributed by atoms with Gasteiger partial charge < -0.3 is 9.84 Å². The molecule has 0 saturated heterocycles. The van der Waals surface area contributed by atoms with Crippen LogP contribution in [0.15, 0.2) is 48.7 Å². The number of carbonyl (C=O) groups is 2. The molecule has 0 aliphatic carbocycles. The highest BCUT2D eigenvalue weighted by Gasteiger charge is 2.29. The molecule has 0 aliphatic rings. The molecule has 11 heteroatoms. The van der Waals surface area contributed by atoms with Gasteiger partial charge in [0.05, 0.1) is 11.6 Å². The SMILES string of the molecule is CC(=O)N(NCc1ccc(F)cc1Cl)[C@H](COC(=O)Nc1cc2c(F)cccc2cn1)CC(C)(C)O. The Morgan fingerprint density at radius 2 is 1.97 bits per heavy atom. The van der Waals surface area contributed by atoms with Crippen molar-refractivity contribution in [3.8, 4) is 0 Å². The lowest BCUT2D eigenvalue weighted by atomic mass is 9.99. The summed E-state index contributed by atoms with van der Waals surface area (Å²) < 4.78 is 32.7. The smallest absolute Gasteiger partial charge is 0.412 e. The van der Waals surface area contributed by atoms with E-state index >= 15 is 0 Å². The molecule has 0 saturated carbocycles. The molecule has 0 radical (unpaired) electrons. The second kappa shape index (κ2) is 11.6. The molecular formula is C25H27ClF2N4O4. The Morgan fingerprint density at radius 1 is 1.22 bits per heavy atom. The molecule has 2 amide bonds. The molecule has 0 aliphatic heterocycles. The van der Waals surface area contributed by atoms with E-state index in [1.165, 1.54) is 42.4 Å². The van der Waals surface area contributed by atoms with Crippen molar-refractivity contribution >= 4 is 40.2 Å². The van der Waals surface area contributed by atoms with E-state index in [1.807, 2.05) is 0 Å². The van der Waals surface area contributed by atoms with E-state index < -0.39 is 35.3 Å². The highest BCUT2D eigenvalue weighted by atomic mass is 35.5. The van der Waals surface area contributed by atoms with E-state index in [9.17, 15) is 23.5 Å². The summed E-state index contributed by atoms with van der Waals surface area (Å²) in [5.41, 5.74) is 2.26. The van der Waals surface area contributed by atoms with E-state index in [0.717, 1.165) is 6.07 Å². The topological polar surface area (TPSA) is 104 Å². The van der Waals surface area contributed by atoms with E-state index in [-0.39, 0.29) is 35.8 Å². The van der Waals surface area contributed by atoms with Crippen LogP contribution in [0.2, 0.25) is 5.02 Å². The molecule has 8 nitrogen and oxygen atoms in total. The summed E-state index contributed by atoms with van der Waals surface area (Å²) in [4.78, 5) is 28.9. The molecule has 192 valence electrons. The molecule has 3 aromatic rings. The minimum Gasteiger partial charge on any atom is -0.447 e. The zero-order valence-corrected chi connectivity index (χ0v) is 20.8. The third-order valence-electron chi connectivity index (χ3n) is 5.24. The van der Waals surface area contributed by atoms with Crippen molar-refractivity contribution in [2.24, 2.45) is 0 Å². The van der Waals surface area contributed by atoms with Crippen molar-refractivity contribution in [3.63, 3.8) is 0 Å². The number of nitrogens with one attached hydrogen (secondary N) is 2. The summed E-state index contributed by atoms with van der Waals surface area (Å²) in [6.07, 6.45) is 0.611. The maximum Gasteiger partial charge on any atom is 0.412 e. The predicted molar refractivity (Wildman–Crippen MR) is 132 cm³/mol. The highest BCUT2D eigenvalue weighted by molar-refractivity contribution is 6.31. The van der Waals surface area contributed by atoms with Gasteiger partial charge in [-0.1, -0.05) is 29.8 Å². The number of hydrazine groups is 1. The Bertz CT molecular complexity index is 1250. The Kier molecular flexibility index (Phi) is 8.78. The van der Waals surface area contributed by atoms with Gasteiger partial charge in [0.15, 0.2) is 0 Å². The van der Waals surface area contributed by atoms with Crippen LogP contribution >= 0.6 is 11.6 Å². The van der Waals surface area contributed by atoms with E-state index in [0.29, 0.717) is 10.9 Å². The molecule has 0 fully saturated rings. The quantitative estimate of drug-likeness (QED) is 0.350.